The van der Waals surface area contributed by atoms with Gasteiger partial charge in [-0.25, -0.2) is 0 Å². The van der Waals surface area contributed by atoms with Gasteiger partial charge in [0.15, 0.2) is 0 Å². The fourth-order valence-electron chi connectivity index (χ4n) is 2.18. The number of nitrogens with two attached hydrogens (primary N) is 3. The van der Waals surface area contributed by atoms with E-state index in [0.717, 1.165) is 0 Å². The molecule has 0 aliphatic carbocycles. The second-order valence-electron chi connectivity index (χ2n) is 6.31. The van der Waals surface area contributed by atoms with Crippen molar-refractivity contribution in [1.29, 1.82) is 0 Å². The summed E-state index contributed by atoms with van der Waals surface area (Å²) >= 11 is 0. The number of nitrogens with one attached hydrogen (secondary N) is 3. The normalized spacial score (nSPS) is 13.7. The van der Waals surface area contributed by atoms with Crippen LogP contribution in [-0.2, 0) is 24.0 Å². The van der Waals surface area contributed by atoms with E-state index in [2.05, 4.69) is 16.0 Å². The summed E-state index contributed by atoms with van der Waals surface area (Å²) in [4.78, 5) is 58.2. The Hall–Kier alpha value is -2.73. The zero-order valence-corrected chi connectivity index (χ0v) is 15.9. The molecule has 0 aliphatic rings. The van der Waals surface area contributed by atoms with Crippen molar-refractivity contribution in [3.8, 4) is 0 Å². The van der Waals surface area contributed by atoms with Gasteiger partial charge in [-0.05, 0) is 39.2 Å². The standard InChI is InChI=1S/C16H30N6O6/c1-9(18)14(26)21-11(5-6-12(19)23)16(28)22-10(4-2-3-7-17)15(27)20-8-13(24)25/h9-11H,2-8,17-18H2,1H3,(H2,19,23)(H,20,27)(H,21,26)(H,22,28)(H,24,25). The Kier molecular flexibility index (Phi) is 12.1. The maximum atomic E-state index is 12.6. The van der Waals surface area contributed by atoms with E-state index in [9.17, 15) is 24.0 Å². The van der Waals surface area contributed by atoms with E-state index in [1.165, 1.54) is 6.92 Å². The van der Waals surface area contributed by atoms with E-state index in [1.807, 2.05) is 0 Å². The van der Waals surface area contributed by atoms with Crippen molar-refractivity contribution < 1.29 is 29.1 Å². The average molecular weight is 402 g/mol. The molecule has 28 heavy (non-hydrogen) atoms. The van der Waals surface area contributed by atoms with Gasteiger partial charge in [0, 0.05) is 6.42 Å². The van der Waals surface area contributed by atoms with Gasteiger partial charge in [-0.2, -0.15) is 0 Å². The zero-order valence-electron chi connectivity index (χ0n) is 15.9. The van der Waals surface area contributed by atoms with Gasteiger partial charge in [-0.3, -0.25) is 24.0 Å². The third kappa shape index (κ3) is 11.1. The van der Waals surface area contributed by atoms with Gasteiger partial charge >= 0.3 is 5.97 Å². The molecule has 12 nitrogen and oxygen atoms in total. The van der Waals surface area contributed by atoms with Crippen molar-refractivity contribution in [1.82, 2.24) is 16.0 Å². The molecule has 0 rings (SSSR count). The quantitative estimate of drug-likeness (QED) is 0.147. The number of hydrogen-bond acceptors (Lipinski definition) is 7. The molecule has 12 heteroatoms. The number of rotatable bonds is 14. The van der Waals surface area contributed by atoms with E-state index in [1.54, 1.807) is 0 Å². The van der Waals surface area contributed by atoms with Gasteiger partial charge in [0.2, 0.25) is 23.6 Å². The number of aliphatic carboxylic acids is 1. The fraction of sp³-hybridized carbons (Fsp3) is 0.688. The van der Waals surface area contributed by atoms with E-state index in [-0.39, 0.29) is 19.3 Å². The summed E-state index contributed by atoms with van der Waals surface area (Å²) in [6, 6.07) is -3.04. The minimum Gasteiger partial charge on any atom is -0.480 e. The lowest BCUT2D eigenvalue weighted by Crippen LogP contribution is -2.55. The van der Waals surface area contributed by atoms with Crippen molar-refractivity contribution in [2.75, 3.05) is 13.1 Å². The zero-order chi connectivity index (χ0) is 21.7. The first kappa shape index (κ1) is 25.3. The second-order valence-corrected chi connectivity index (χ2v) is 6.31. The lowest BCUT2D eigenvalue weighted by atomic mass is 10.1. The smallest absolute Gasteiger partial charge is 0.322 e. The average Bonchev–Trinajstić information content (AvgIpc) is 2.61. The van der Waals surface area contributed by atoms with Gasteiger partial charge in [0.05, 0.1) is 6.04 Å². The molecule has 4 amide bonds. The fourth-order valence-corrected chi connectivity index (χ4v) is 2.18. The molecule has 0 spiro atoms. The summed E-state index contributed by atoms with van der Waals surface area (Å²) < 4.78 is 0. The van der Waals surface area contributed by atoms with Crippen LogP contribution in [0.2, 0.25) is 0 Å². The number of carboxylic acid groups (broad SMARTS) is 1. The van der Waals surface area contributed by atoms with Crippen LogP contribution in [0, 0.1) is 0 Å². The summed E-state index contributed by atoms with van der Waals surface area (Å²) in [5.41, 5.74) is 16.0. The first-order chi connectivity index (χ1) is 13.1. The van der Waals surface area contributed by atoms with E-state index in [4.69, 9.17) is 22.3 Å². The van der Waals surface area contributed by atoms with E-state index < -0.39 is 54.3 Å². The SMILES string of the molecule is CC(N)C(=O)NC(CCC(N)=O)C(=O)NC(CCCCN)C(=O)NCC(=O)O. The Labute approximate surface area is 162 Å². The van der Waals surface area contributed by atoms with Crippen LogP contribution >= 0.6 is 0 Å². The summed E-state index contributed by atoms with van der Waals surface area (Å²) in [6.07, 6.45) is 1.09. The van der Waals surface area contributed by atoms with Crippen LogP contribution < -0.4 is 33.2 Å². The number of carbonyl (C=O) groups excluding carboxylic acids is 4. The van der Waals surface area contributed by atoms with Crippen molar-refractivity contribution >= 4 is 29.6 Å². The van der Waals surface area contributed by atoms with Crippen molar-refractivity contribution in [2.24, 2.45) is 17.2 Å². The largest absolute Gasteiger partial charge is 0.480 e. The third-order valence-electron chi connectivity index (χ3n) is 3.72. The monoisotopic (exact) mass is 402 g/mol. The minimum absolute atomic E-state index is 0.0775. The second kappa shape index (κ2) is 13.4. The predicted octanol–water partition coefficient (Wildman–Crippen LogP) is -3.10. The van der Waals surface area contributed by atoms with Crippen LogP contribution in [0.5, 0.6) is 0 Å². The molecule has 0 bridgehead atoms. The van der Waals surface area contributed by atoms with Crippen molar-refractivity contribution in [3.05, 3.63) is 0 Å². The summed E-state index contributed by atoms with van der Waals surface area (Å²) in [5, 5.41) is 15.8. The third-order valence-corrected chi connectivity index (χ3v) is 3.72. The summed E-state index contributed by atoms with van der Waals surface area (Å²) in [5.74, 6) is -3.89. The topological polar surface area (TPSA) is 220 Å². The lowest BCUT2D eigenvalue weighted by Gasteiger charge is -2.23. The van der Waals surface area contributed by atoms with Crippen molar-refractivity contribution in [2.45, 2.75) is 57.2 Å². The van der Waals surface area contributed by atoms with Gasteiger partial charge in [-0.15, -0.1) is 0 Å². The maximum absolute atomic E-state index is 12.6. The maximum Gasteiger partial charge on any atom is 0.322 e. The number of carboxylic acids is 1. The predicted molar refractivity (Wildman–Crippen MR) is 99.5 cm³/mol. The van der Waals surface area contributed by atoms with Gasteiger partial charge in [0.1, 0.15) is 18.6 Å². The number of unbranched alkanes of at least 4 members (excludes halogenated alkanes) is 1. The number of hydrogen-bond donors (Lipinski definition) is 7. The molecule has 0 heterocycles. The Morgan fingerprint density at radius 3 is 2.00 bits per heavy atom. The molecular formula is C16H30N6O6. The first-order valence-electron chi connectivity index (χ1n) is 8.92. The molecule has 0 saturated heterocycles. The molecule has 0 aromatic carbocycles. The highest BCUT2D eigenvalue weighted by Crippen LogP contribution is 2.04. The molecule has 10 N–H and O–H groups in total. The molecule has 160 valence electrons. The molecular weight excluding hydrogens is 372 g/mol. The van der Waals surface area contributed by atoms with Gasteiger partial charge in [-0.1, -0.05) is 0 Å². The minimum atomic E-state index is -1.23. The van der Waals surface area contributed by atoms with Crippen LogP contribution in [-0.4, -0.2) is 65.9 Å². The summed E-state index contributed by atoms with van der Waals surface area (Å²) in [7, 11) is 0. The van der Waals surface area contributed by atoms with Gasteiger partial charge < -0.3 is 38.3 Å². The van der Waals surface area contributed by atoms with Crippen LogP contribution in [0.25, 0.3) is 0 Å². The lowest BCUT2D eigenvalue weighted by molar-refractivity contribution is -0.138. The first-order valence-corrected chi connectivity index (χ1v) is 8.92. The highest BCUT2D eigenvalue weighted by atomic mass is 16.4. The molecule has 3 unspecified atom stereocenters. The Bertz CT molecular complexity index is 568. The van der Waals surface area contributed by atoms with Crippen LogP contribution in [0.1, 0.15) is 39.0 Å². The highest BCUT2D eigenvalue weighted by molar-refractivity contribution is 5.93. The number of carbonyl (C=O) groups is 5. The molecule has 0 radical (unpaired) electrons. The molecule has 0 aromatic rings. The van der Waals surface area contributed by atoms with E-state index in [0.29, 0.717) is 19.4 Å². The molecule has 0 aromatic heterocycles. The van der Waals surface area contributed by atoms with Crippen LogP contribution in [0.4, 0.5) is 0 Å². The molecule has 0 saturated carbocycles. The Morgan fingerprint density at radius 2 is 1.50 bits per heavy atom. The van der Waals surface area contributed by atoms with Crippen LogP contribution in [0.15, 0.2) is 0 Å². The Morgan fingerprint density at radius 1 is 0.929 bits per heavy atom. The molecule has 3 atom stereocenters. The van der Waals surface area contributed by atoms with Crippen LogP contribution in [0.3, 0.4) is 0 Å². The van der Waals surface area contributed by atoms with Crippen molar-refractivity contribution in [3.63, 3.8) is 0 Å². The number of primary amides is 1. The van der Waals surface area contributed by atoms with Gasteiger partial charge in [0.25, 0.3) is 0 Å². The highest BCUT2D eigenvalue weighted by Gasteiger charge is 2.27. The molecule has 0 aliphatic heterocycles. The number of amides is 4. The van der Waals surface area contributed by atoms with E-state index >= 15 is 0 Å². The summed E-state index contributed by atoms with van der Waals surface area (Å²) in [6.45, 7) is 1.21. The molecule has 0 fully saturated rings. The Balaban J connectivity index is 5.16.